The van der Waals surface area contributed by atoms with E-state index in [1.807, 2.05) is 0 Å². The third-order valence-corrected chi connectivity index (χ3v) is 0.918. The predicted octanol–water partition coefficient (Wildman–Crippen LogP) is 0.338. The summed E-state index contributed by atoms with van der Waals surface area (Å²) in [7, 11) is 0. The van der Waals surface area contributed by atoms with E-state index in [-0.39, 0.29) is 5.78 Å². The Kier molecular flexibility index (Phi) is 1.94. The molecule has 1 aromatic rings. The van der Waals surface area contributed by atoms with Crippen LogP contribution in [0.15, 0.2) is 18.7 Å². The van der Waals surface area contributed by atoms with Crippen LogP contribution < -0.4 is 0 Å². The molecule has 1 rings (SSSR count). The summed E-state index contributed by atoms with van der Waals surface area (Å²) in [6.07, 6.45) is 6.07. The Morgan fingerprint density at radius 2 is 2.10 bits per heavy atom. The van der Waals surface area contributed by atoms with Gasteiger partial charge in [-0.05, 0) is 13.0 Å². The lowest BCUT2D eigenvalue weighted by atomic mass is 10.4. The number of allylic oxidation sites excluding steroid dienone is 1. The number of hydrogen-bond acceptors (Lipinski definition) is 3. The maximum absolute atomic E-state index is 10.4. The van der Waals surface area contributed by atoms with Crippen LogP contribution in [0.3, 0.4) is 0 Å². The van der Waals surface area contributed by atoms with Crippen molar-refractivity contribution >= 4 is 12.0 Å². The van der Waals surface area contributed by atoms with Crippen molar-refractivity contribution in [1.82, 2.24) is 14.8 Å². The van der Waals surface area contributed by atoms with Gasteiger partial charge in [0.2, 0.25) is 0 Å². The van der Waals surface area contributed by atoms with Gasteiger partial charge in [0.1, 0.15) is 12.7 Å². The van der Waals surface area contributed by atoms with E-state index in [0.29, 0.717) is 0 Å². The molecule has 52 valence electrons. The quantitative estimate of drug-likeness (QED) is 0.552. The zero-order valence-corrected chi connectivity index (χ0v) is 5.56. The van der Waals surface area contributed by atoms with Gasteiger partial charge in [0, 0.05) is 6.20 Å². The summed E-state index contributed by atoms with van der Waals surface area (Å²) in [6.45, 7) is 1.49. The van der Waals surface area contributed by atoms with Gasteiger partial charge in [-0.2, -0.15) is 0 Å². The summed E-state index contributed by atoms with van der Waals surface area (Å²) >= 11 is 0. The smallest absolute Gasteiger partial charge is 0.154 e. The number of ketones is 1. The topological polar surface area (TPSA) is 47.8 Å². The second kappa shape index (κ2) is 2.91. The first-order valence-electron chi connectivity index (χ1n) is 2.82. The fourth-order valence-electron chi connectivity index (χ4n) is 0.477. The van der Waals surface area contributed by atoms with Gasteiger partial charge in [-0.15, -0.1) is 10.2 Å². The van der Waals surface area contributed by atoms with Crippen molar-refractivity contribution in [2.75, 3.05) is 0 Å². The molecule has 0 radical (unpaired) electrons. The Hall–Kier alpha value is -1.45. The summed E-state index contributed by atoms with van der Waals surface area (Å²) in [4.78, 5) is 10.4. The molecule has 0 aliphatic heterocycles. The minimum absolute atomic E-state index is 0.00806. The second-order valence-corrected chi connectivity index (χ2v) is 1.84. The SMILES string of the molecule is CC(=O)C=Cn1cnnc1. The molecular weight excluding hydrogens is 130 g/mol. The van der Waals surface area contributed by atoms with Gasteiger partial charge in [-0.1, -0.05) is 0 Å². The van der Waals surface area contributed by atoms with Crippen molar-refractivity contribution in [3.63, 3.8) is 0 Å². The van der Waals surface area contributed by atoms with Crippen LogP contribution in [0.1, 0.15) is 6.92 Å². The Balaban J connectivity index is 2.64. The van der Waals surface area contributed by atoms with Crippen molar-refractivity contribution in [2.24, 2.45) is 0 Å². The summed E-state index contributed by atoms with van der Waals surface area (Å²) in [5.41, 5.74) is 0. The number of nitrogens with zero attached hydrogens (tertiary/aromatic N) is 3. The highest BCUT2D eigenvalue weighted by molar-refractivity contribution is 5.89. The monoisotopic (exact) mass is 137 g/mol. The number of hydrogen-bond donors (Lipinski definition) is 0. The van der Waals surface area contributed by atoms with Gasteiger partial charge in [0.15, 0.2) is 5.78 Å². The van der Waals surface area contributed by atoms with Crippen molar-refractivity contribution in [1.29, 1.82) is 0 Å². The van der Waals surface area contributed by atoms with E-state index >= 15 is 0 Å². The molecule has 1 heterocycles. The first kappa shape index (κ1) is 6.67. The molecule has 0 aromatic carbocycles. The molecule has 0 unspecified atom stereocenters. The van der Waals surface area contributed by atoms with Gasteiger partial charge >= 0.3 is 0 Å². The molecule has 0 saturated carbocycles. The average Bonchev–Trinajstić information content (AvgIpc) is 2.34. The van der Waals surface area contributed by atoms with Gasteiger partial charge < -0.3 is 0 Å². The van der Waals surface area contributed by atoms with Crippen LogP contribution in [0.5, 0.6) is 0 Å². The molecule has 0 spiro atoms. The molecule has 0 aliphatic carbocycles. The van der Waals surface area contributed by atoms with Crippen molar-refractivity contribution in [2.45, 2.75) is 6.92 Å². The number of carbonyl (C=O) groups excluding carboxylic acids is 1. The summed E-state index contributed by atoms with van der Waals surface area (Å²) in [5, 5.41) is 7.10. The lowest BCUT2D eigenvalue weighted by Gasteiger charge is -1.84. The van der Waals surface area contributed by atoms with Gasteiger partial charge in [0.05, 0.1) is 0 Å². The molecule has 0 aliphatic rings. The van der Waals surface area contributed by atoms with Crippen LogP contribution in [-0.2, 0) is 4.79 Å². The van der Waals surface area contributed by atoms with E-state index in [0.717, 1.165) is 0 Å². The van der Waals surface area contributed by atoms with Crippen molar-refractivity contribution in [3.05, 3.63) is 18.7 Å². The molecule has 1 aromatic heterocycles. The highest BCUT2D eigenvalue weighted by Gasteiger charge is 1.83. The molecular formula is C6H7N3O. The summed E-state index contributed by atoms with van der Waals surface area (Å²) in [5.74, 6) is 0.00806. The molecule has 10 heavy (non-hydrogen) atoms. The largest absolute Gasteiger partial charge is 0.295 e. The van der Waals surface area contributed by atoms with Crippen LogP contribution >= 0.6 is 0 Å². The molecule has 0 amide bonds. The maximum atomic E-state index is 10.4. The lowest BCUT2D eigenvalue weighted by molar-refractivity contribution is -0.112. The fraction of sp³-hybridized carbons (Fsp3) is 0.167. The molecule has 0 atom stereocenters. The van der Waals surface area contributed by atoms with Gasteiger partial charge in [-0.25, -0.2) is 0 Å². The molecule has 4 nitrogen and oxygen atoms in total. The Morgan fingerprint density at radius 3 is 2.60 bits per heavy atom. The van der Waals surface area contributed by atoms with Crippen LogP contribution in [0, 0.1) is 0 Å². The third-order valence-electron chi connectivity index (χ3n) is 0.918. The van der Waals surface area contributed by atoms with E-state index in [4.69, 9.17) is 0 Å². The second-order valence-electron chi connectivity index (χ2n) is 1.84. The van der Waals surface area contributed by atoms with Crippen molar-refractivity contribution < 1.29 is 4.79 Å². The van der Waals surface area contributed by atoms with E-state index in [2.05, 4.69) is 10.2 Å². The zero-order valence-electron chi connectivity index (χ0n) is 5.56. The lowest BCUT2D eigenvalue weighted by Crippen LogP contribution is -1.84. The molecule has 0 fully saturated rings. The Morgan fingerprint density at radius 1 is 1.50 bits per heavy atom. The number of aromatic nitrogens is 3. The highest BCUT2D eigenvalue weighted by atomic mass is 16.1. The highest BCUT2D eigenvalue weighted by Crippen LogP contribution is 1.83. The summed E-state index contributed by atoms with van der Waals surface area (Å²) in [6, 6.07) is 0. The van der Waals surface area contributed by atoms with Crippen LogP contribution in [0.4, 0.5) is 0 Å². The van der Waals surface area contributed by atoms with E-state index in [9.17, 15) is 4.79 Å². The van der Waals surface area contributed by atoms with Gasteiger partial charge in [0.25, 0.3) is 0 Å². The van der Waals surface area contributed by atoms with Gasteiger partial charge in [-0.3, -0.25) is 9.36 Å². The number of carbonyl (C=O) groups is 1. The Bertz CT molecular complexity index is 238. The maximum Gasteiger partial charge on any atom is 0.154 e. The predicted molar refractivity (Wildman–Crippen MR) is 36.0 cm³/mol. The molecule has 0 bridgehead atoms. The van der Waals surface area contributed by atoms with Crippen LogP contribution in [0.25, 0.3) is 6.20 Å². The minimum atomic E-state index is 0.00806. The van der Waals surface area contributed by atoms with E-state index in [1.165, 1.54) is 25.7 Å². The third kappa shape index (κ3) is 1.81. The van der Waals surface area contributed by atoms with Crippen LogP contribution in [0.2, 0.25) is 0 Å². The zero-order chi connectivity index (χ0) is 7.40. The first-order valence-corrected chi connectivity index (χ1v) is 2.82. The van der Waals surface area contributed by atoms with Crippen molar-refractivity contribution in [3.8, 4) is 0 Å². The van der Waals surface area contributed by atoms with Crippen LogP contribution in [-0.4, -0.2) is 20.5 Å². The average molecular weight is 137 g/mol. The van der Waals surface area contributed by atoms with E-state index < -0.39 is 0 Å². The molecule has 0 N–H and O–H groups in total. The Labute approximate surface area is 58.2 Å². The standard InChI is InChI=1S/C6H7N3O/c1-6(10)2-3-9-4-7-8-5-9/h2-5H,1H3. The summed E-state index contributed by atoms with van der Waals surface area (Å²) < 4.78 is 1.60. The first-order chi connectivity index (χ1) is 4.79. The molecule has 4 heteroatoms. The molecule has 0 saturated heterocycles. The minimum Gasteiger partial charge on any atom is -0.295 e. The fourth-order valence-corrected chi connectivity index (χ4v) is 0.477. The van der Waals surface area contributed by atoms with E-state index in [1.54, 1.807) is 10.8 Å². The number of rotatable bonds is 2. The normalized spacial score (nSPS) is 10.5.